The first-order valence-corrected chi connectivity index (χ1v) is 9.04. The minimum Gasteiger partial charge on any atom is -0.454 e. The molecule has 0 unspecified atom stereocenters. The Morgan fingerprint density at radius 2 is 1.73 bits per heavy atom. The van der Waals surface area contributed by atoms with E-state index in [-0.39, 0.29) is 0 Å². The smallest absolute Gasteiger partial charge is 0.231 e. The Morgan fingerprint density at radius 3 is 2.62 bits per heavy atom. The molecule has 0 fully saturated rings. The van der Waals surface area contributed by atoms with Crippen LogP contribution in [0.1, 0.15) is 18.1 Å². The molecule has 0 radical (unpaired) electrons. The Morgan fingerprint density at radius 1 is 0.923 bits per heavy atom. The number of aromatic nitrogens is 1. The number of pyridine rings is 1. The van der Waals surface area contributed by atoms with Crippen LogP contribution in [-0.4, -0.2) is 13.6 Å². The Balaban J connectivity index is 1.68. The van der Waals surface area contributed by atoms with Crippen LogP contribution in [0.25, 0.3) is 22.0 Å². The SMILES string of the molecule is CCc1c2[n+](cc3c4c(ccc13)OCO4)CCc1cc3c(cc1-2)OCO3. The van der Waals surface area contributed by atoms with Crippen molar-refractivity contribution in [2.24, 2.45) is 0 Å². The number of nitrogens with zero attached hydrogens (tertiary/aromatic N) is 1. The van der Waals surface area contributed by atoms with Gasteiger partial charge in [-0.05, 0) is 36.2 Å². The average molecular weight is 348 g/mol. The number of ether oxygens (including phenoxy) is 4. The van der Waals surface area contributed by atoms with Crippen molar-refractivity contribution >= 4 is 10.8 Å². The zero-order valence-corrected chi connectivity index (χ0v) is 14.5. The van der Waals surface area contributed by atoms with Crippen LogP contribution in [0.5, 0.6) is 23.0 Å². The molecule has 0 saturated carbocycles. The van der Waals surface area contributed by atoms with Crippen molar-refractivity contribution in [3.8, 4) is 34.3 Å². The van der Waals surface area contributed by atoms with E-state index in [1.807, 2.05) is 6.07 Å². The van der Waals surface area contributed by atoms with Gasteiger partial charge in [0.25, 0.3) is 0 Å². The number of aryl methyl sites for hydroxylation is 3. The Labute approximate surface area is 150 Å². The van der Waals surface area contributed by atoms with Crippen molar-refractivity contribution in [2.45, 2.75) is 26.3 Å². The molecule has 0 saturated heterocycles. The van der Waals surface area contributed by atoms with Gasteiger partial charge in [-0.15, -0.1) is 0 Å². The van der Waals surface area contributed by atoms with Gasteiger partial charge in [-0.1, -0.05) is 6.92 Å². The third-order valence-corrected chi connectivity index (χ3v) is 5.59. The van der Waals surface area contributed by atoms with Crippen LogP contribution in [0, 0.1) is 0 Å². The fourth-order valence-electron chi connectivity index (χ4n) is 4.41. The van der Waals surface area contributed by atoms with Gasteiger partial charge in [0.2, 0.25) is 19.3 Å². The van der Waals surface area contributed by atoms with Crippen molar-refractivity contribution in [3.63, 3.8) is 0 Å². The number of fused-ring (bicyclic) bond motifs is 7. The second kappa shape index (κ2) is 5.04. The molecular formula is C21H18NO4+. The molecule has 0 bridgehead atoms. The molecule has 2 aromatic carbocycles. The Kier molecular flexibility index (Phi) is 2.76. The van der Waals surface area contributed by atoms with Crippen LogP contribution in [0.3, 0.4) is 0 Å². The molecule has 0 atom stereocenters. The van der Waals surface area contributed by atoms with Crippen molar-refractivity contribution in [1.29, 1.82) is 0 Å². The molecule has 3 aromatic rings. The molecule has 3 aliphatic heterocycles. The highest BCUT2D eigenvalue weighted by Gasteiger charge is 2.32. The molecule has 4 heterocycles. The van der Waals surface area contributed by atoms with E-state index in [4.69, 9.17) is 18.9 Å². The van der Waals surface area contributed by atoms with E-state index < -0.39 is 0 Å². The topological polar surface area (TPSA) is 40.8 Å². The summed E-state index contributed by atoms with van der Waals surface area (Å²) in [6, 6.07) is 8.46. The largest absolute Gasteiger partial charge is 0.454 e. The summed E-state index contributed by atoms with van der Waals surface area (Å²) < 4.78 is 24.9. The maximum absolute atomic E-state index is 5.76. The van der Waals surface area contributed by atoms with Crippen molar-refractivity contribution in [3.05, 3.63) is 41.6 Å². The minimum atomic E-state index is 0.296. The maximum Gasteiger partial charge on any atom is 0.231 e. The summed E-state index contributed by atoms with van der Waals surface area (Å²) in [4.78, 5) is 0. The number of benzene rings is 2. The summed E-state index contributed by atoms with van der Waals surface area (Å²) in [7, 11) is 0. The average Bonchev–Trinajstić information content (AvgIpc) is 3.33. The lowest BCUT2D eigenvalue weighted by molar-refractivity contribution is -0.686. The van der Waals surface area contributed by atoms with Gasteiger partial charge in [-0.3, -0.25) is 0 Å². The van der Waals surface area contributed by atoms with Crippen LogP contribution in [0.2, 0.25) is 0 Å². The van der Waals surface area contributed by atoms with E-state index >= 15 is 0 Å². The third kappa shape index (κ3) is 1.77. The van der Waals surface area contributed by atoms with Gasteiger partial charge in [-0.2, -0.15) is 4.57 Å². The fourth-order valence-corrected chi connectivity index (χ4v) is 4.41. The first-order chi connectivity index (χ1) is 12.8. The summed E-state index contributed by atoms with van der Waals surface area (Å²) in [6.45, 7) is 3.75. The summed E-state index contributed by atoms with van der Waals surface area (Å²) in [6.07, 6.45) is 4.13. The Hall–Kier alpha value is -2.95. The molecule has 130 valence electrons. The molecule has 6 rings (SSSR count). The van der Waals surface area contributed by atoms with Gasteiger partial charge in [-0.25, -0.2) is 0 Å². The predicted molar refractivity (Wildman–Crippen MR) is 94.9 cm³/mol. The van der Waals surface area contributed by atoms with Crippen LogP contribution < -0.4 is 23.5 Å². The van der Waals surface area contributed by atoms with Gasteiger partial charge >= 0.3 is 0 Å². The van der Waals surface area contributed by atoms with Gasteiger partial charge in [0.15, 0.2) is 35.7 Å². The third-order valence-electron chi connectivity index (χ3n) is 5.59. The molecule has 0 N–H and O–H groups in total. The van der Waals surface area contributed by atoms with Crippen molar-refractivity contribution in [2.75, 3.05) is 13.6 Å². The second-order valence-electron chi connectivity index (χ2n) is 6.88. The normalized spacial score (nSPS) is 15.9. The van der Waals surface area contributed by atoms with E-state index in [9.17, 15) is 0 Å². The quantitative estimate of drug-likeness (QED) is 0.632. The number of rotatable bonds is 1. The molecule has 1 aromatic heterocycles. The van der Waals surface area contributed by atoms with Crippen molar-refractivity contribution < 1.29 is 23.5 Å². The minimum absolute atomic E-state index is 0.296. The first kappa shape index (κ1) is 14.2. The summed E-state index contributed by atoms with van der Waals surface area (Å²) in [5.74, 6) is 3.40. The van der Waals surface area contributed by atoms with Crippen LogP contribution in [0.15, 0.2) is 30.5 Å². The van der Waals surface area contributed by atoms with E-state index in [1.165, 1.54) is 27.8 Å². The van der Waals surface area contributed by atoms with E-state index in [2.05, 4.69) is 35.9 Å². The lowest BCUT2D eigenvalue weighted by atomic mass is 9.90. The molecule has 0 aliphatic carbocycles. The molecule has 0 spiro atoms. The highest BCUT2D eigenvalue weighted by Crippen LogP contribution is 2.44. The zero-order valence-electron chi connectivity index (χ0n) is 14.5. The van der Waals surface area contributed by atoms with Crippen LogP contribution in [0.4, 0.5) is 0 Å². The van der Waals surface area contributed by atoms with Gasteiger partial charge in [0, 0.05) is 17.4 Å². The molecule has 26 heavy (non-hydrogen) atoms. The Bertz CT molecular complexity index is 1090. The standard InChI is InChI=1S/C21H18NO4/c1-2-13-14-3-4-17-21(26-11-23-17)16(14)9-22-6-5-12-7-18-19(25-10-24-18)8-15(12)20(13)22/h3-4,7-9H,2,5-6,10-11H2,1H3/q+1. The van der Waals surface area contributed by atoms with Gasteiger partial charge < -0.3 is 18.9 Å². The summed E-state index contributed by atoms with van der Waals surface area (Å²) in [5, 5.41) is 2.36. The summed E-state index contributed by atoms with van der Waals surface area (Å²) in [5.41, 5.74) is 5.18. The van der Waals surface area contributed by atoms with E-state index in [0.717, 1.165) is 47.8 Å². The predicted octanol–water partition coefficient (Wildman–Crippen LogP) is 3.37. The maximum atomic E-state index is 5.76. The van der Waals surface area contributed by atoms with Crippen molar-refractivity contribution in [1.82, 2.24) is 0 Å². The number of hydrogen-bond acceptors (Lipinski definition) is 4. The number of hydrogen-bond donors (Lipinski definition) is 0. The monoisotopic (exact) mass is 348 g/mol. The van der Waals surface area contributed by atoms with Crippen LogP contribution >= 0.6 is 0 Å². The van der Waals surface area contributed by atoms with Gasteiger partial charge in [0.05, 0.1) is 10.9 Å². The zero-order chi connectivity index (χ0) is 17.3. The molecule has 5 nitrogen and oxygen atoms in total. The fraction of sp³-hybridized carbons (Fsp3) is 0.286. The van der Waals surface area contributed by atoms with E-state index in [1.54, 1.807) is 0 Å². The van der Waals surface area contributed by atoms with Crippen LogP contribution in [-0.2, 0) is 19.4 Å². The summed E-state index contributed by atoms with van der Waals surface area (Å²) >= 11 is 0. The molecular weight excluding hydrogens is 330 g/mol. The highest BCUT2D eigenvalue weighted by molar-refractivity contribution is 5.95. The molecule has 3 aliphatic rings. The molecule has 0 amide bonds. The van der Waals surface area contributed by atoms with E-state index in [0.29, 0.717) is 13.6 Å². The molecule has 5 heteroatoms. The highest BCUT2D eigenvalue weighted by atomic mass is 16.7. The first-order valence-electron chi connectivity index (χ1n) is 9.04. The second-order valence-corrected chi connectivity index (χ2v) is 6.88. The lowest BCUT2D eigenvalue weighted by Gasteiger charge is -2.19. The van der Waals surface area contributed by atoms with Gasteiger partial charge in [0.1, 0.15) is 0 Å². The lowest BCUT2D eigenvalue weighted by Crippen LogP contribution is -2.41.